The van der Waals surface area contributed by atoms with Gasteiger partial charge in [-0.15, -0.1) is 0 Å². The van der Waals surface area contributed by atoms with Crippen molar-refractivity contribution in [1.82, 2.24) is 14.5 Å². The number of aromatic nitrogens is 2. The third-order valence-corrected chi connectivity index (χ3v) is 5.37. The van der Waals surface area contributed by atoms with Crippen LogP contribution in [0.3, 0.4) is 0 Å². The molecule has 2 amide bonds. The molecule has 28 heavy (non-hydrogen) atoms. The average Bonchev–Trinajstić information content (AvgIpc) is 3.10. The van der Waals surface area contributed by atoms with E-state index < -0.39 is 0 Å². The van der Waals surface area contributed by atoms with Crippen molar-refractivity contribution in [2.75, 3.05) is 18.4 Å². The fraction of sp³-hybridized carbons (Fsp3) is 0.304. The van der Waals surface area contributed by atoms with Gasteiger partial charge in [0.15, 0.2) is 0 Å². The molecule has 0 bridgehead atoms. The van der Waals surface area contributed by atoms with Crippen LogP contribution in [0.4, 0.5) is 10.5 Å². The van der Waals surface area contributed by atoms with Gasteiger partial charge in [-0.3, -0.25) is 0 Å². The lowest BCUT2D eigenvalue weighted by atomic mass is 10.00. The summed E-state index contributed by atoms with van der Waals surface area (Å²) in [5, 5.41) is 4.21. The summed E-state index contributed by atoms with van der Waals surface area (Å²) in [5.41, 5.74) is 5.48. The minimum Gasteiger partial charge on any atom is -0.329 e. The van der Waals surface area contributed by atoms with E-state index in [9.17, 15) is 4.79 Å². The van der Waals surface area contributed by atoms with E-state index in [0.29, 0.717) is 19.1 Å². The average molecular weight is 374 g/mol. The third kappa shape index (κ3) is 3.40. The first-order valence-corrected chi connectivity index (χ1v) is 9.81. The highest BCUT2D eigenvalue weighted by atomic mass is 16.2. The molecule has 0 spiro atoms. The van der Waals surface area contributed by atoms with Gasteiger partial charge in [0, 0.05) is 48.2 Å². The molecule has 5 nitrogen and oxygen atoms in total. The van der Waals surface area contributed by atoms with Crippen LogP contribution >= 0.6 is 0 Å². The minimum absolute atomic E-state index is 0.0455. The van der Waals surface area contributed by atoms with Gasteiger partial charge in [0.05, 0.1) is 0 Å². The molecule has 0 fully saturated rings. The summed E-state index contributed by atoms with van der Waals surface area (Å²) in [5.74, 6) is 0. The van der Waals surface area contributed by atoms with Crippen LogP contribution in [0, 0.1) is 6.92 Å². The van der Waals surface area contributed by atoms with Gasteiger partial charge in [0.2, 0.25) is 0 Å². The molecule has 3 heterocycles. The SMILES string of the molecule is Cc1ccccc1NC(=O)N1CC=C(c2cn(C(C)C)c3ncccc23)CC1. The highest BCUT2D eigenvalue weighted by Crippen LogP contribution is 2.31. The van der Waals surface area contributed by atoms with Gasteiger partial charge < -0.3 is 14.8 Å². The van der Waals surface area contributed by atoms with Crippen molar-refractivity contribution >= 4 is 28.3 Å². The molecule has 1 aromatic carbocycles. The van der Waals surface area contributed by atoms with Crippen molar-refractivity contribution in [3.8, 4) is 0 Å². The second-order valence-corrected chi connectivity index (χ2v) is 7.59. The summed E-state index contributed by atoms with van der Waals surface area (Å²) in [6, 6.07) is 12.3. The highest BCUT2D eigenvalue weighted by molar-refractivity contribution is 5.93. The second kappa shape index (κ2) is 7.50. The zero-order valence-electron chi connectivity index (χ0n) is 16.6. The fourth-order valence-corrected chi connectivity index (χ4v) is 3.74. The summed E-state index contributed by atoms with van der Waals surface area (Å²) < 4.78 is 2.22. The molecule has 144 valence electrons. The van der Waals surface area contributed by atoms with Crippen LogP contribution in [0.25, 0.3) is 16.6 Å². The van der Waals surface area contributed by atoms with Gasteiger partial charge >= 0.3 is 6.03 Å². The van der Waals surface area contributed by atoms with Crippen LogP contribution in [0.1, 0.15) is 37.4 Å². The molecule has 0 unspecified atom stereocenters. The molecule has 3 aromatic rings. The Labute approximate surface area is 165 Å². The van der Waals surface area contributed by atoms with Crippen LogP contribution in [-0.2, 0) is 0 Å². The van der Waals surface area contributed by atoms with Crippen molar-refractivity contribution in [3.63, 3.8) is 0 Å². The largest absolute Gasteiger partial charge is 0.329 e. The molecule has 0 saturated carbocycles. The van der Waals surface area contributed by atoms with Crippen LogP contribution in [0.15, 0.2) is 54.9 Å². The quantitative estimate of drug-likeness (QED) is 0.681. The van der Waals surface area contributed by atoms with E-state index in [-0.39, 0.29) is 6.03 Å². The first-order valence-electron chi connectivity index (χ1n) is 9.81. The lowest BCUT2D eigenvalue weighted by Crippen LogP contribution is -2.38. The molecule has 5 heteroatoms. The summed E-state index contributed by atoms with van der Waals surface area (Å²) >= 11 is 0. The van der Waals surface area contributed by atoms with Crippen LogP contribution in [0.2, 0.25) is 0 Å². The zero-order valence-corrected chi connectivity index (χ0v) is 16.6. The molecule has 0 radical (unpaired) electrons. The summed E-state index contributed by atoms with van der Waals surface area (Å²) in [6.45, 7) is 7.66. The molecular weight excluding hydrogens is 348 g/mol. The first kappa shape index (κ1) is 18.3. The number of anilines is 1. The summed E-state index contributed by atoms with van der Waals surface area (Å²) in [7, 11) is 0. The van der Waals surface area contributed by atoms with Crippen molar-refractivity contribution in [3.05, 3.63) is 66.0 Å². The van der Waals surface area contributed by atoms with E-state index in [1.807, 2.05) is 48.4 Å². The summed E-state index contributed by atoms with van der Waals surface area (Å²) in [6.07, 6.45) is 7.07. The number of rotatable bonds is 3. The van der Waals surface area contributed by atoms with Gasteiger partial charge in [0.1, 0.15) is 5.65 Å². The van der Waals surface area contributed by atoms with Crippen molar-refractivity contribution in [2.45, 2.75) is 33.2 Å². The number of nitrogens with zero attached hydrogens (tertiary/aromatic N) is 3. The Morgan fingerprint density at radius 1 is 1.18 bits per heavy atom. The number of hydrogen-bond acceptors (Lipinski definition) is 2. The van der Waals surface area contributed by atoms with E-state index in [1.54, 1.807) is 0 Å². The maximum Gasteiger partial charge on any atom is 0.322 e. The smallest absolute Gasteiger partial charge is 0.322 e. The van der Waals surface area contributed by atoms with Crippen molar-refractivity contribution < 1.29 is 4.79 Å². The number of amides is 2. The monoisotopic (exact) mass is 374 g/mol. The maximum atomic E-state index is 12.6. The number of carbonyl (C=O) groups is 1. The first-order chi connectivity index (χ1) is 13.5. The Morgan fingerprint density at radius 3 is 2.71 bits per heavy atom. The number of hydrogen-bond donors (Lipinski definition) is 1. The van der Waals surface area contributed by atoms with E-state index in [0.717, 1.165) is 23.3 Å². The Hall–Kier alpha value is -3.08. The van der Waals surface area contributed by atoms with Gasteiger partial charge in [0.25, 0.3) is 0 Å². The van der Waals surface area contributed by atoms with E-state index in [2.05, 4.69) is 47.1 Å². The molecule has 2 aromatic heterocycles. The molecule has 1 N–H and O–H groups in total. The molecule has 4 rings (SSSR count). The van der Waals surface area contributed by atoms with Crippen LogP contribution in [-0.4, -0.2) is 33.6 Å². The number of carbonyl (C=O) groups excluding carboxylic acids is 1. The highest BCUT2D eigenvalue weighted by Gasteiger charge is 2.21. The molecular formula is C23H26N4O. The Bertz CT molecular complexity index is 1050. The topological polar surface area (TPSA) is 50.2 Å². The molecule has 1 aliphatic heterocycles. The van der Waals surface area contributed by atoms with Gasteiger partial charge in [-0.25, -0.2) is 9.78 Å². The third-order valence-electron chi connectivity index (χ3n) is 5.37. The molecule has 0 saturated heterocycles. The lowest BCUT2D eigenvalue weighted by Gasteiger charge is -2.27. The number of aryl methyl sites for hydroxylation is 1. The fourth-order valence-electron chi connectivity index (χ4n) is 3.74. The number of benzene rings is 1. The van der Waals surface area contributed by atoms with E-state index in [4.69, 9.17) is 0 Å². The van der Waals surface area contributed by atoms with Crippen molar-refractivity contribution in [1.29, 1.82) is 0 Å². The second-order valence-electron chi connectivity index (χ2n) is 7.59. The number of nitrogens with one attached hydrogen (secondary N) is 1. The predicted molar refractivity (Wildman–Crippen MR) is 114 cm³/mol. The normalized spacial score (nSPS) is 14.4. The lowest BCUT2D eigenvalue weighted by molar-refractivity contribution is 0.217. The van der Waals surface area contributed by atoms with Gasteiger partial charge in [-0.1, -0.05) is 24.3 Å². The number of urea groups is 1. The minimum atomic E-state index is -0.0455. The number of fused-ring (bicyclic) bond motifs is 1. The maximum absolute atomic E-state index is 12.6. The number of pyridine rings is 1. The Morgan fingerprint density at radius 2 is 2.00 bits per heavy atom. The Balaban J connectivity index is 1.54. The molecule has 0 atom stereocenters. The predicted octanol–water partition coefficient (Wildman–Crippen LogP) is 5.25. The van der Waals surface area contributed by atoms with Crippen LogP contribution < -0.4 is 5.32 Å². The number of para-hydroxylation sites is 1. The van der Waals surface area contributed by atoms with Gasteiger partial charge in [-0.2, -0.15) is 0 Å². The van der Waals surface area contributed by atoms with Crippen LogP contribution in [0.5, 0.6) is 0 Å². The molecule has 0 aliphatic carbocycles. The van der Waals surface area contributed by atoms with E-state index in [1.165, 1.54) is 16.5 Å². The van der Waals surface area contributed by atoms with E-state index >= 15 is 0 Å². The zero-order chi connectivity index (χ0) is 19.7. The summed E-state index contributed by atoms with van der Waals surface area (Å²) in [4.78, 5) is 19.1. The van der Waals surface area contributed by atoms with Crippen molar-refractivity contribution in [2.24, 2.45) is 0 Å². The Kier molecular flexibility index (Phi) is 4.90. The standard InChI is InChI=1S/C23H26N4O/c1-16(2)27-15-20(19-8-6-12-24-22(19)27)18-10-13-26(14-11-18)23(28)25-21-9-5-4-7-17(21)3/h4-10,12,15-16H,11,13-14H2,1-3H3,(H,25,28). The van der Waals surface area contributed by atoms with Gasteiger partial charge in [-0.05, 0) is 56.5 Å². The molecule has 1 aliphatic rings.